The van der Waals surface area contributed by atoms with E-state index in [1.54, 1.807) is 0 Å². The van der Waals surface area contributed by atoms with Crippen molar-refractivity contribution in [3.05, 3.63) is 11.1 Å². The summed E-state index contributed by atoms with van der Waals surface area (Å²) in [6.45, 7) is 10.6. The van der Waals surface area contributed by atoms with Gasteiger partial charge < -0.3 is 4.74 Å². The smallest absolute Gasteiger partial charge is 0.0469 e. The molecule has 0 spiro atoms. The molecule has 0 aromatic carbocycles. The molecule has 0 heterocycles. The topological polar surface area (TPSA) is 9.23 Å². The number of rotatable bonds is 7. The summed E-state index contributed by atoms with van der Waals surface area (Å²) < 4.78 is 5.48. The lowest BCUT2D eigenvalue weighted by atomic mass is 10.1. The maximum Gasteiger partial charge on any atom is 0.0469 e. The fourth-order valence-electron chi connectivity index (χ4n) is 1.04. The normalized spacial score (nSPS) is 10.2. The van der Waals surface area contributed by atoms with Gasteiger partial charge in [0.25, 0.3) is 0 Å². The molecule has 78 valence electrons. The molecule has 0 aliphatic rings. The van der Waals surface area contributed by atoms with Crippen molar-refractivity contribution >= 4 is 0 Å². The molecule has 0 bridgehead atoms. The molecule has 0 rings (SSSR count). The lowest BCUT2D eigenvalue weighted by Crippen LogP contribution is -1.97. The molecule has 0 aliphatic carbocycles. The Morgan fingerprint density at radius 2 is 1.62 bits per heavy atom. The van der Waals surface area contributed by atoms with Crippen LogP contribution in [0.4, 0.5) is 0 Å². The fourth-order valence-corrected chi connectivity index (χ4v) is 1.04. The van der Waals surface area contributed by atoms with E-state index in [-0.39, 0.29) is 0 Å². The maximum absolute atomic E-state index is 5.48. The minimum atomic E-state index is 0.921. The van der Waals surface area contributed by atoms with Crippen molar-refractivity contribution in [2.75, 3.05) is 13.2 Å². The molecule has 0 unspecified atom stereocenters. The summed E-state index contributed by atoms with van der Waals surface area (Å²) >= 11 is 0. The van der Waals surface area contributed by atoms with Gasteiger partial charge in [-0.05, 0) is 40.0 Å². The van der Waals surface area contributed by atoms with E-state index in [0.717, 1.165) is 13.2 Å². The predicted molar refractivity (Wildman–Crippen MR) is 59.0 cm³/mol. The summed E-state index contributed by atoms with van der Waals surface area (Å²) in [5, 5.41) is 0. The van der Waals surface area contributed by atoms with Crippen LogP contribution in [0.15, 0.2) is 11.1 Å². The van der Waals surface area contributed by atoms with E-state index in [9.17, 15) is 0 Å². The van der Waals surface area contributed by atoms with Crippen LogP contribution in [-0.4, -0.2) is 13.2 Å². The SMILES string of the molecule is CCCCOCCCC(C)=C(C)C. The molecule has 1 heteroatoms. The number of hydrogen-bond acceptors (Lipinski definition) is 1. The average Bonchev–Trinajstić information content (AvgIpc) is 2.10. The first-order valence-corrected chi connectivity index (χ1v) is 5.39. The van der Waals surface area contributed by atoms with Crippen molar-refractivity contribution in [2.24, 2.45) is 0 Å². The molecule has 0 atom stereocenters. The van der Waals surface area contributed by atoms with Gasteiger partial charge in [0.2, 0.25) is 0 Å². The Morgan fingerprint density at radius 1 is 1.00 bits per heavy atom. The summed E-state index contributed by atoms with van der Waals surface area (Å²) in [5.74, 6) is 0. The van der Waals surface area contributed by atoms with Crippen molar-refractivity contribution in [3.8, 4) is 0 Å². The van der Waals surface area contributed by atoms with Crippen molar-refractivity contribution in [1.29, 1.82) is 0 Å². The van der Waals surface area contributed by atoms with Crippen molar-refractivity contribution in [1.82, 2.24) is 0 Å². The Labute approximate surface area is 83.2 Å². The number of unbranched alkanes of at least 4 members (excludes halogenated alkanes) is 1. The van der Waals surface area contributed by atoms with Gasteiger partial charge in [0.15, 0.2) is 0 Å². The molecule has 0 aromatic rings. The molecule has 13 heavy (non-hydrogen) atoms. The van der Waals surface area contributed by atoms with Crippen LogP contribution in [0, 0.1) is 0 Å². The Balaban J connectivity index is 3.22. The van der Waals surface area contributed by atoms with Gasteiger partial charge in [0.05, 0.1) is 0 Å². The second-order valence-corrected chi connectivity index (χ2v) is 3.85. The zero-order valence-corrected chi connectivity index (χ0v) is 9.65. The van der Waals surface area contributed by atoms with Crippen LogP contribution in [0.25, 0.3) is 0 Å². The highest BCUT2D eigenvalue weighted by atomic mass is 16.5. The van der Waals surface area contributed by atoms with Crippen LogP contribution in [-0.2, 0) is 4.74 Å². The lowest BCUT2D eigenvalue weighted by molar-refractivity contribution is 0.129. The van der Waals surface area contributed by atoms with Crippen LogP contribution in [0.5, 0.6) is 0 Å². The van der Waals surface area contributed by atoms with E-state index in [1.165, 1.54) is 36.8 Å². The van der Waals surface area contributed by atoms with Gasteiger partial charge in [-0.2, -0.15) is 0 Å². The quantitative estimate of drug-likeness (QED) is 0.430. The molecule has 0 saturated carbocycles. The third-order valence-corrected chi connectivity index (χ3v) is 2.34. The molecule has 0 aromatic heterocycles. The van der Waals surface area contributed by atoms with Crippen LogP contribution in [0.1, 0.15) is 53.4 Å². The molecule has 0 aliphatic heterocycles. The second-order valence-electron chi connectivity index (χ2n) is 3.85. The average molecular weight is 184 g/mol. The highest BCUT2D eigenvalue weighted by Gasteiger charge is 1.93. The third kappa shape index (κ3) is 8.04. The standard InChI is InChI=1S/C12H24O/c1-5-6-9-13-10-7-8-12(4)11(2)3/h5-10H2,1-4H3. The lowest BCUT2D eigenvalue weighted by Gasteiger charge is -2.05. The van der Waals surface area contributed by atoms with Gasteiger partial charge in [-0.1, -0.05) is 24.5 Å². The number of allylic oxidation sites excluding steroid dienone is 2. The van der Waals surface area contributed by atoms with E-state index >= 15 is 0 Å². The van der Waals surface area contributed by atoms with Gasteiger partial charge >= 0.3 is 0 Å². The Morgan fingerprint density at radius 3 is 2.15 bits per heavy atom. The minimum Gasteiger partial charge on any atom is -0.381 e. The summed E-state index contributed by atoms with van der Waals surface area (Å²) in [7, 11) is 0. The van der Waals surface area contributed by atoms with E-state index in [2.05, 4.69) is 27.7 Å². The Bertz CT molecular complexity index is 143. The first-order chi connectivity index (χ1) is 6.18. The number of hydrogen-bond donors (Lipinski definition) is 0. The van der Waals surface area contributed by atoms with Gasteiger partial charge in [-0.25, -0.2) is 0 Å². The minimum absolute atomic E-state index is 0.921. The second kappa shape index (κ2) is 8.31. The summed E-state index contributed by atoms with van der Waals surface area (Å²) in [6.07, 6.45) is 4.78. The largest absolute Gasteiger partial charge is 0.381 e. The summed E-state index contributed by atoms with van der Waals surface area (Å²) in [5.41, 5.74) is 2.97. The van der Waals surface area contributed by atoms with Gasteiger partial charge in [-0.3, -0.25) is 0 Å². The molecule has 0 N–H and O–H groups in total. The molecular formula is C12H24O. The molecule has 0 saturated heterocycles. The first kappa shape index (κ1) is 12.7. The van der Waals surface area contributed by atoms with E-state index in [0.29, 0.717) is 0 Å². The van der Waals surface area contributed by atoms with E-state index < -0.39 is 0 Å². The summed E-state index contributed by atoms with van der Waals surface area (Å²) in [6, 6.07) is 0. The van der Waals surface area contributed by atoms with E-state index in [1.807, 2.05) is 0 Å². The van der Waals surface area contributed by atoms with Crippen molar-refractivity contribution in [2.45, 2.75) is 53.4 Å². The highest BCUT2D eigenvalue weighted by Crippen LogP contribution is 2.09. The van der Waals surface area contributed by atoms with Crippen molar-refractivity contribution in [3.63, 3.8) is 0 Å². The molecule has 1 nitrogen and oxygen atoms in total. The monoisotopic (exact) mass is 184 g/mol. The third-order valence-electron chi connectivity index (χ3n) is 2.34. The van der Waals surface area contributed by atoms with Gasteiger partial charge in [-0.15, -0.1) is 0 Å². The zero-order chi connectivity index (χ0) is 10.1. The molecular weight excluding hydrogens is 160 g/mol. The zero-order valence-electron chi connectivity index (χ0n) is 9.65. The van der Waals surface area contributed by atoms with Gasteiger partial charge in [0.1, 0.15) is 0 Å². The first-order valence-electron chi connectivity index (χ1n) is 5.39. The fraction of sp³-hybridized carbons (Fsp3) is 0.833. The van der Waals surface area contributed by atoms with E-state index in [4.69, 9.17) is 4.74 Å². The molecule has 0 amide bonds. The number of ether oxygens (including phenoxy) is 1. The summed E-state index contributed by atoms with van der Waals surface area (Å²) in [4.78, 5) is 0. The molecule has 0 fully saturated rings. The highest BCUT2D eigenvalue weighted by molar-refractivity contribution is 5.06. The maximum atomic E-state index is 5.48. The van der Waals surface area contributed by atoms with Gasteiger partial charge in [0, 0.05) is 13.2 Å². The Kier molecular flexibility index (Phi) is 8.11. The van der Waals surface area contributed by atoms with Crippen molar-refractivity contribution < 1.29 is 4.74 Å². The van der Waals surface area contributed by atoms with Crippen LogP contribution in [0.3, 0.4) is 0 Å². The van der Waals surface area contributed by atoms with Crippen LogP contribution in [0.2, 0.25) is 0 Å². The molecule has 0 radical (unpaired) electrons. The Hall–Kier alpha value is -0.300. The van der Waals surface area contributed by atoms with Crippen LogP contribution < -0.4 is 0 Å². The van der Waals surface area contributed by atoms with Crippen LogP contribution >= 0.6 is 0 Å². The predicted octanol–water partition coefficient (Wildman–Crippen LogP) is 3.94.